The fourth-order valence-corrected chi connectivity index (χ4v) is 1.44. The SMILES string of the molecule is CCC(COC)Nc1nc(N)nc(C(C)(C)C)n1. The number of nitrogens with two attached hydrogens (primary N) is 1. The van der Waals surface area contributed by atoms with Crippen LogP contribution in [0.1, 0.15) is 39.9 Å². The van der Waals surface area contributed by atoms with Gasteiger partial charge in [-0.1, -0.05) is 27.7 Å². The summed E-state index contributed by atoms with van der Waals surface area (Å²) in [6.45, 7) is 8.80. The summed E-state index contributed by atoms with van der Waals surface area (Å²) in [5, 5.41) is 3.22. The van der Waals surface area contributed by atoms with Crippen molar-refractivity contribution < 1.29 is 4.74 Å². The van der Waals surface area contributed by atoms with Crippen molar-refractivity contribution in [3.8, 4) is 0 Å². The van der Waals surface area contributed by atoms with Crippen LogP contribution in [0.5, 0.6) is 0 Å². The summed E-state index contributed by atoms with van der Waals surface area (Å²) in [7, 11) is 1.67. The number of hydrogen-bond donors (Lipinski definition) is 2. The summed E-state index contributed by atoms with van der Waals surface area (Å²) < 4.78 is 5.13. The van der Waals surface area contributed by atoms with Crippen molar-refractivity contribution >= 4 is 11.9 Å². The zero-order chi connectivity index (χ0) is 13.8. The highest BCUT2D eigenvalue weighted by Crippen LogP contribution is 2.19. The first kappa shape index (κ1) is 14.6. The van der Waals surface area contributed by atoms with Crippen LogP contribution >= 0.6 is 0 Å². The van der Waals surface area contributed by atoms with Gasteiger partial charge in [-0.25, -0.2) is 0 Å². The van der Waals surface area contributed by atoms with Gasteiger partial charge in [0, 0.05) is 12.5 Å². The van der Waals surface area contributed by atoms with Gasteiger partial charge in [-0.05, 0) is 6.42 Å². The molecule has 0 amide bonds. The Kier molecular flexibility index (Phi) is 4.84. The molecule has 0 saturated heterocycles. The number of hydrogen-bond acceptors (Lipinski definition) is 6. The van der Waals surface area contributed by atoms with Gasteiger partial charge in [0.15, 0.2) is 0 Å². The van der Waals surface area contributed by atoms with Gasteiger partial charge in [-0.3, -0.25) is 0 Å². The van der Waals surface area contributed by atoms with Crippen LogP contribution < -0.4 is 11.1 Å². The molecule has 0 aliphatic carbocycles. The highest BCUT2D eigenvalue weighted by atomic mass is 16.5. The number of methoxy groups -OCH3 is 1. The molecule has 6 heteroatoms. The smallest absolute Gasteiger partial charge is 0.228 e. The molecule has 0 bridgehead atoms. The quantitative estimate of drug-likeness (QED) is 0.828. The van der Waals surface area contributed by atoms with Crippen LogP contribution in [0, 0.1) is 0 Å². The lowest BCUT2D eigenvalue weighted by atomic mass is 9.96. The van der Waals surface area contributed by atoms with Gasteiger partial charge in [0.25, 0.3) is 0 Å². The van der Waals surface area contributed by atoms with E-state index in [9.17, 15) is 0 Å². The summed E-state index contributed by atoms with van der Waals surface area (Å²) in [4.78, 5) is 12.7. The van der Waals surface area contributed by atoms with E-state index in [4.69, 9.17) is 10.5 Å². The van der Waals surface area contributed by atoms with Gasteiger partial charge in [0.1, 0.15) is 5.82 Å². The number of nitrogens with one attached hydrogen (secondary N) is 1. The van der Waals surface area contributed by atoms with Crippen molar-refractivity contribution in [1.29, 1.82) is 0 Å². The number of nitrogens with zero attached hydrogens (tertiary/aromatic N) is 3. The van der Waals surface area contributed by atoms with Crippen molar-refractivity contribution in [3.63, 3.8) is 0 Å². The zero-order valence-electron chi connectivity index (χ0n) is 11.8. The van der Waals surface area contributed by atoms with Gasteiger partial charge in [0.05, 0.1) is 12.6 Å². The van der Waals surface area contributed by atoms with Crippen LogP contribution in [0.2, 0.25) is 0 Å². The fourth-order valence-electron chi connectivity index (χ4n) is 1.44. The molecule has 18 heavy (non-hydrogen) atoms. The van der Waals surface area contributed by atoms with Crippen molar-refractivity contribution in [2.24, 2.45) is 0 Å². The molecule has 0 fully saturated rings. The van der Waals surface area contributed by atoms with E-state index in [1.807, 2.05) is 20.8 Å². The van der Waals surface area contributed by atoms with Crippen molar-refractivity contribution in [2.45, 2.75) is 45.6 Å². The highest BCUT2D eigenvalue weighted by Gasteiger charge is 2.20. The lowest BCUT2D eigenvalue weighted by Crippen LogP contribution is -2.27. The number of rotatable bonds is 5. The zero-order valence-corrected chi connectivity index (χ0v) is 11.8. The number of ether oxygens (including phenoxy) is 1. The van der Waals surface area contributed by atoms with E-state index < -0.39 is 0 Å². The molecular formula is C12H23N5O. The molecule has 1 heterocycles. The van der Waals surface area contributed by atoms with Crippen LogP contribution in [0.15, 0.2) is 0 Å². The Morgan fingerprint density at radius 3 is 2.44 bits per heavy atom. The first-order chi connectivity index (χ1) is 8.36. The molecule has 0 spiro atoms. The molecular weight excluding hydrogens is 230 g/mol. The largest absolute Gasteiger partial charge is 0.383 e. The summed E-state index contributed by atoms with van der Waals surface area (Å²) in [6.07, 6.45) is 0.921. The average molecular weight is 253 g/mol. The molecule has 3 N–H and O–H groups in total. The van der Waals surface area contributed by atoms with E-state index in [0.29, 0.717) is 18.4 Å². The first-order valence-electron chi connectivity index (χ1n) is 6.14. The maximum absolute atomic E-state index is 5.71. The lowest BCUT2D eigenvalue weighted by molar-refractivity contribution is 0.184. The molecule has 1 aromatic heterocycles. The Balaban J connectivity index is 2.92. The minimum absolute atomic E-state index is 0.156. The average Bonchev–Trinajstić information content (AvgIpc) is 2.26. The third kappa shape index (κ3) is 4.10. The molecule has 0 aliphatic rings. The summed E-state index contributed by atoms with van der Waals surface area (Å²) in [5.41, 5.74) is 5.56. The third-order valence-corrected chi connectivity index (χ3v) is 2.52. The molecule has 6 nitrogen and oxygen atoms in total. The molecule has 1 atom stereocenters. The minimum Gasteiger partial charge on any atom is -0.383 e. The van der Waals surface area contributed by atoms with Crippen LogP contribution in [0.3, 0.4) is 0 Å². The first-order valence-corrected chi connectivity index (χ1v) is 6.14. The minimum atomic E-state index is -0.156. The van der Waals surface area contributed by atoms with Crippen LogP contribution in [-0.2, 0) is 10.2 Å². The predicted molar refractivity (Wildman–Crippen MR) is 72.5 cm³/mol. The third-order valence-electron chi connectivity index (χ3n) is 2.52. The standard InChI is InChI=1S/C12H23N5O/c1-6-8(7-18-5)14-11-16-9(12(2,3)4)15-10(13)17-11/h8H,6-7H2,1-5H3,(H3,13,14,15,16,17). The monoisotopic (exact) mass is 253 g/mol. The van der Waals surface area contributed by atoms with Gasteiger partial charge in [-0.15, -0.1) is 0 Å². The predicted octanol–water partition coefficient (Wildman–Crippen LogP) is 1.59. The Labute approximate surface area is 108 Å². The summed E-state index contributed by atoms with van der Waals surface area (Å²) in [5.74, 6) is 1.44. The number of nitrogen functional groups attached to an aromatic ring is 1. The topological polar surface area (TPSA) is 86.0 Å². The lowest BCUT2D eigenvalue weighted by Gasteiger charge is -2.20. The molecule has 1 unspecified atom stereocenters. The normalized spacial score (nSPS) is 13.4. The van der Waals surface area contributed by atoms with Crippen LogP contribution in [-0.4, -0.2) is 34.7 Å². The molecule has 0 radical (unpaired) electrons. The van der Waals surface area contributed by atoms with E-state index in [-0.39, 0.29) is 17.4 Å². The van der Waals surface area contributed by atoms with E-state index in [1.54, 1.807) is 7.11 Å². The number of anilines is 2. The number of aromatic nitrogens is 3. The van der Waals surface area contributed by atoms with Crippen molar-refractivity contribution in [3.05, 3.63) is 5.82 Å². The Morgan fingerprint density at radius 1 is 1.28 bits per heavy atom. The van der Waals surface area contributed by atoms with Gasteiger partial charge < -0.3 is 15.8 Å². The fraction of sp³-hybridized carbons (Fsp3) is 0.750. The maximum atomic E-state index is 5.71. The molecule has 0 saturated carbocycles. The Morgan fingerprint density at radius 2 is 1.94 bits per heavy atom. The molecule has 1 rings (SSSR count). The second-order valence-electron chi connectivity index (χ2n) is 5.30. The van der Waals surface area contributed by atoms with Crippen molar-refractivity contribution in [2.75, 3.05) is 24.8 Å². The molecule has 102 valence electrons. The van der Waals surface area contributed by atoms with E-state index in [0.717, 1.165) is 6.42 Å². The van der Waals surface area contributed by atoms with E-state index in [2.05, 4.69) is 27.2 Å². The van der Waals surface area contributed by atoms with E-state index in [1.165, 1.54) is 0 Å². The molecule has 0 aliphatic heterocycles. The maximum Gasteiger partial charge on any atom is 0.228 e. The highest BCUT2D eigenvalue weighted by molar-refractivity contribution is 5.33. The van der Waals surface area contributed by atoms with Crippen LogP contribution in [0.4, 0.5) is 11.9 Å². The summed E-state index contributed by atoms with van der Waals surface area (Å²) in [6, 6.07) is 0.171. The second-order valence-corrected chi connectivity index (χ2v) is 5.30. The van der Waals surface area contributed by atoms with Gasteiger partial charge in [-0.2, -0.15) is 15.0 Å². The van der Waals surface area contributed by atoms with Gasteiger partial charge in [0.2, 0.25) is 11.9 Å². The Bertz CT molecular complexity index is 389. The second kappa shape index (κ2) is 5.95. The van der Waals surface area contributed by atoms with E-state index >= 15 is 0 Å². The van der Waals surface area contributed by atoms with Crippen molar-refractivity contribution in [1.82, 2.24) is 15.0 Å². The molecule has 0 aromatic carbocycles. The molecule has 1 aromatic rings. The Hall–Kier alpha value is -1.43. The van der Waals surface area contributed by atoms with Gasteiger partial charge >= 0.3 is 0 Å². The van der Waals surface area contributed by atoms with Crippen LogP contribution in [0.25, 0.3) is 0 Å². The summed E-state index contributed by atoms with van der Waals surface area (Å²) >= 11 is 0.